The maximum Gasteiger partial charge on any atom is 4.00 e. The van der Waals surface area contributed by atoms with Crippen LogP contribution in [0.25, 0.3) is 11.1 Å². The van der Waals surface area contributed by atoms with E-state index in [4.69, 9.17) is 20.1 Å². The molecule has 4 aromatic rings. The second-order valence-corrected chi connectivity index (χ2v) is 8.61. The fourth-order valence-electron chi connectivity index (χ4n) is 4.44. The Hall–Kier alpha value is -4.02. The summed E-state index contributed by atoms with van der Waals surface area (Å²) in [5.74, 6) is 0.692. The van der Waals surface area contributed by atoms with Crippen LogP contribution in [0.3, 0.4) is 0 Å². The normalized spacial score (nSPS) is 14.6. The Bertz CT molecular complexity index is 1650. The summed E-state index contributed by atoms with van der Waals surface area (Å²) < 4.78 is 48.4. The monoisotopic (exact) mass is 704 g/mol. The van der Waals surface area contributed by atoms with Gasteiger partial charge < -0.3 is 31.9 Å². The first-order chi connectivity index (χ1) is 20.7. The second kappa shape index (κ2) is 12.7. The summed E-state index contributed by atoms with van der Waals surface area (Å²) in [5.41, 5.74) is 6.39. The van der Waals surface area contributed by atoms with Gasteiger partial charge in [-0.05, 0) is 58.3 Å². The number of anilines is 5. The van der Waals surface area contributed by atoms with Gasteiger partial charge in [-0.15, -0.1) is 41.8 Å². The van der Waals surface area contributed by atoms with Gasteiger partial charge in [0.25, 0.3) is 0 Å². The Morgan fingerprint density at radius 2 is 1.64 bits per heavy atom. The molecule has 0 bridgehead atoms. The van der Waals surface area contributed by atoms with E-state index in [2.05, 4.69) is 43.5 Å². The zero-order valence-electron chi connectivity index (χ0n) is 27.7. The maximum absolute atomic E-state index is 8.11. The van der Waals surface area contributed by atoms with Gasteiger partial charge in [-0.25, -0.2) is 15.0 Å². The molecule has 1 N–H and O–H groups in total. The average Bonchev–Trinajstić information content (AvgIpc) is 3.35. The largest absolute Gasteiger partial charge is 4.00 e. The van der Waals surface area contributed by atoms with Crippen LogP contribution in [-0.2, 0) is 21.1 Å². The number of nitrogens with zero attached hydrogens (tertiary/aromatic N) is 8. The van der Waals surface area contributed by atoms with Gasteiger partial charge >= 0.3 is 21.1 Å². The van der Waals surface area contributed by atoms with Crippen molar-refractivity contribution in [1.29, 1.82) is 5.26 Å². The van der Waals surface area contributed by atoms with Crippen LogP contribution in [0.4, 0.5) is 28.8 Å². The van der Waals surface area contributed by atoms with Crippen molar-refractivity contribution in [2.24, 2.45) is 0 Å². The topological polar surface area (TPSA) is 97.1 Å². The standard InChI is InChI=1S/C28H29N8.CN.Pt/c1-18-11-19(2)25(20(3)12-18)22-13-23(33-16-34(5)26-21(4)29-7-8-30-26)15-24(14-22)36-17-35(6)27-28(36)32-10-9-31-27;1-2;/h7-14,16-17,33H,1-6H3;;/q-3;-1;+4/i5D3,6D3;;. The Balaban J connectivity index is 0.00000180. The summed E-state index contributed by atoms with van der Waals surface area (Å²) >= 11 is 0. The van der Waals surface area contributed by atoms with Gasteiger partial charge in [0.1, 0.15) is 17.5 Å². The molecule has 39 heavy (non-hydrogen) atoms. The van der Waals surface area contributed by atoms with Crippen LogP contribution >= 0.6 is 0 Å². The molecule has 0 spiro atoms. The molecule has 2 aromatic heterocycles. The number of fused-ring (bicyclic) bond motifs is 1. The third-order valence-electron chi connectivity index (χ3n) is 5.86. The van der Waals surface area contributed by atoms with E-state index in [1.54, 1.807) is 11.8 Å². The molecule has 2 aromatic carbocycles. The number of rotatable bonds is 6. The summed E-state index contributed by atoms with van der Waals surface area (Å²) in [7, 11) is 0. The van der Waals surface area contributed by atoms with Crippen LogP contribution in [0.5, 0.6) is 0 Å². The Labute approximate surface area is 253 Å². The smallest absolute Gasteiger partial charge is 0.536 e. The van der Waals surface area contributed by atoms with Crippen LogP contribution in [-0.4, -0.2) is 33.9 Å². The third-order valence-corrected chi connectivity index (χ3v) is 5.86. The molecule has 9 nitrogen and oxygen atoms in total. The van der Waals surface area contributed by atoms with E-state index >= 15 is 0 Å². The van der Waals surface area contributed by atoms with Gasteiger partial charge in [0.05, 0.1) is 5.69 Å². The fraction of sp³-hybridized carbons (Fsp3) is 0.207. The van der Waals surface area contributed by atoms with Gasteiger partial charge in [0.15, 0.2) is 0 Å². The molecule has 0 unspecified atom stereocenters. The van der Waals surface area contributed by atoms with Crippen LogP contribution < -0.4 is 20.0 Å². The number of hydrogen-bond acceptors (Lipinski definition) is 9. The van der Waals surface area contributed by atoms with Crippen molar-refractivity contribution in [3.8, 4) is 11.1 Å². The van der Waals surface area contributed by atoms with Gasteiger partial charge in [0, 0.05) is 33.0 Å². The first-order valence-corrected chi connectivity index (χ1v) is 11.5. The van der Waals surface area contributed by atoms with Crippen LogP contribution in [0.2, 0.25) is 0 Å². The molecule has 0 saturated heterocycles. The van der Waals surface area contributed by atoms with Crippen molar-refractivity contribution >= 4 is 28.8 Å². The number of aryl methyl sites for hydroxylation is 4. The first-order valence-electron chi connectivity index (χ1n) is 14.5. The average molecular weight is 705 g/mol. The summed E-state index contributed by atoms with van der Waals surface area (Å²) in [6.45, 7) is 10.2. The molecule has 0 atom stereocenters. The second-order valence-electron chi connectivity index (χ2n) is 8.61. The zero-order chi connectivity index (χ0) is 32.4. The van der Waals surface area contributed by atoms with E-state index < -0.39 is 14.0 Å². The zero-order valence-corrected chi connectivity index (χ0v) is 23.9. The molecule has 1 aliphatic heterocycles. The van der Waals surface area contributed by atoms with Gasteiger partial charge in [-0.3, -0.25) is 4.98 Å². The fourth-order valence-corrected chi connectivity index (χ4v) is 4.44. The van der Waals surface area contributed by atoms with E-state index in [9.17, 15) is 0 Å². The number of aromatic nitrogens is 4. The van der Waals surface area contributed by atoms with Crippen molar-refractivity contribution in [3.05, 3.63) is 97.4 Å². The molecule has 0 saturated carbocycles. The van der Waals surface area contributed by atoms with E-state index in [0.29, 0.717) is 22.9 Å². The van der Waals surface area contributed by atoms with Gasteiger partial charge in [-0.1, -0.05) is 17.7 Å². The SMILES string of the molecule is [2H]C([2H])([2H])N([CH-]Nc1[c-]c(N2[CH-]N(C([2H])([2H])[2H])c3nccnc32)cc(-c2c(C)cc(C)cc2C)c1)c1nccnc1C.[C-]#N.[Pt+4]. The van der Waals surface area contributed by atoms with Crippen molar-refractivity contribution in [1.82, 2.24) is 19.9 Å². The van der Waals surface area contributed by atoms with Crippen molar-refractivity contribution in [2.75, 3.05) is 34.0 Å². The molecule has 0 aliphatic carbocycles. The number of nitrogens with one attached hydrogen (secondary N) is 1. The molecule has 0 fully saturated rings. The van der Waals surface area contributed by atoms with Gasteiger partial charge in [0.2, 0.25) is 0 Å². The van der Waals surface area contributed by atoms with Gasteiger partial charge in [-0.2, -0.15) is 6.67 Å². The summed E-state index contributed by atoms with van der Waals surface area (Å²) in [5, 5.41) is 9.33. The number of benzene rings is 2. The van der Waals surface area contributed by atoms with Crippen LogP contribution in [0.1, 0.15) is 30.6 Å². The molecular weight excluding hydrogens is 669 g/mol. The first kappa shape index (κ1) is 21.9. The molecule has 1 aliphatic rings. The maximum atomic E-state index is 8.11. The minimum absolute atomic E-state index is 0. The van der Waals surface area contributed by atoms with Crippen LogP contribution in [0, 0.1) is 58.9 Å². The minimum atomic E-state index is -2.56. The Kier molecular flexibility index (Phi) is 7.11. The van der Waals surface area contributed by atoms with Crippen molar-refractivity contribution in [3.63, 3.8) is 0 Å². The molecule has 3 heterocycles. The Morgan fingerprint density at radius 3 is 2.31 bits per heavy atom. The third kappa shape index (κ3) is 6.18. The predicted molar refractivity (Wildman–Crippen MR) is 150 cm³/mol. The summed E-state index contributed by atoms with van der Waals surface area (Å²) in [6.07, 6.45) is 5.86. The van der Waals surface area contributed by atoms with E-state index in [0.717, 1.165) is 37.6 Å². The van der Waals surface area contributed by atoms with E-state index in [1.807, 2.05) is 32.9 Å². The molecule has 0 radical (unpaired) electrons. The predicted octanol–water partition coefficient (Wildman–Crippen LogP) is 5.44. The molecule has 10 heteroatoms. The van der Waals surface area contributed by atoms with Crippen molar-refractivity contribution < 1.29 is 29.3 Å². The van der Waals surface area contributed by atoms with E-state index in [-0.39, 0.29) is 32.7 Å². The van der Waals surface area contributed by atoms with Crippen LogP contribution in [0.15, 0.2) is 49.1 Å². The number of hydrogen-bond donors (Lipinski definition) is 1. The molecule has 0 amide bonds. The molecule has 200 valence electrons. The molecule has 5 rings (SSSR count). The molecular formula is C29H29N9Pt. The minimum Gasteiger partial charge on any atom is -0.536 e. The summed E-state index contributed by atoms with van der Waals surface area (Å²) in [6, 6.07) is 11.2. The van der Waals surface area contributed by atoms with E-state index in [1.165, 1.54) is 38.1 Å². The van der Waals surface area contributed by atoms with Crippen molar-refractivity contribution in [2.45, 2.75) is 27.7 Å². The summed E-state index contributed by atoms with van der Waals surface area (Å²) in [4.78, 5) is 20.8. The Morgan fingerprint density at radius 1 is 0.974 bits per heavy atom. The quantitative estimate of drug-likeness (QED) is 0.264.